The number of aliphatic imine (C=N–C) groups is 1. The molecule has 1 aromatic rings. The average Bonchev–Trinajstić information content (AvgIpc) is 2.91. The number of amides is 1. The minimum atomic E-state index is -0.546. The first-order valence-corrected chi connectivity index (χ1v) is 7.86. The van der Waals surface area contributed by atoms with Gasteiger partial charge in [0.05, 0.1) is 12.2 Å². The second-order valence-corrected chi connectivity index (χ2v) is 6.73. The molecule has 0 unspecified atom stereocenters. The Balaban J connectivity index is 2.28. The summed E-state index contributed by atoms with van der Waals surface area (Å²) in [7, 11) is 1.83. The molecule has 1 aromatic carbocycles. The van der Waals surface area contributed by atoms with E-state index in [1.165, 1.54) is 5.01 Å². The number of carbonyl (C=O) groups is 1. The zero-order chi connectivity index (χ0) is 15.5. The van der Waals surface area contributed by atoms with Gasteiger partial charge >= 0.3 is 6.09 Å². The van der Waals surface area contributed by atoms with Gasteiger partial charge in [0, 0.05) is 12.8 Å². The Labute approximate surface area is 129 Å². The third-order valence-corrected chi connectivity index (χ3v) is 3.75. The van der Waals surface area contributed by atoms with E-state index in [4.69, 9.17) is 4.74 Å². The maximum Gasteiger partial charge on any atom is 0.434 e. The van der Waals surface area contributed by atoms with E-state index in [2.05, 4.69) is 4.99 Å². The van der Waals surface area contributed by atoms with Crippen LogP contribution in [0.5, 0.6) is 0 Å². The normalized spacial score (nSPS) is 14.6. The van der Waals surface area contributed by atoms with E-state index < -0.39 is 11.7 Å². The highest BCUT2D eigenvalue weighted by molar-refractivity contribution is 8.14. The molecular weight excluding hydrogens is 286 g/mol. The Hall–Kier alpha value is -1.69. The molecule has 0 saturated carbocycles. The molecule has 1 heterocycles. The lowest BCUT2D eigenvalue weighted by molar-refractivity contribution is 0.0524. The van der Waals surface area contributed by atoms with Crippen molar-refractivity contribution in [1.29, 1.82) is 0 Å². The summed E-state index contributed by atoms with van der Waals surface area (Å²) in [5.41, 5.74) is 0.208. The van der Waals surface area contributed by atoms with Crippen LogP contribution in [0.3, 0.4) is 0 Å². The van der Waals surface area contributed by atoms with Gasteiger partial charge in [0.15, 0.2) is 5.17 Å². The molecule has 0 aliphatic carbocycles. The Morgan fingerprint density at radius 2 is 1.95 bits per heavy atom. The van der Waals surface area contributed by atoms with Gasteiger partial charge in [-0.1, -0.05) is 30.0 Å². The van der Waals surface area contributed by atoms with Gasteiger partial charge in [-0.05, 0) is 32.9 Å². The summed E-state index contributed by atoms with van der Waals surface area (Å²) in [4.78, 5) is 17.0. The fraction of sp³-hybridized carbons (Fsp3) is 0.467. The fourth-order valence-corrected chi connectivity index (χ4v) is 2.70. The summed E-state index contributed by atoms with van der Waals surface area (Å²) in [5, 5.41) is 4.09. The van der Waals surface area contributed by atoms with Crippen molar-refractivity contribution in [2.24, 2.45) is 4.99 Å². The zero-order valence-electron chi connectivity index (χ0n) is 12.9. The minimum absolute atomic E-state index is 0.411. The predicted octanol–water partition coefficient (Wildman–Crippen LogP) is 3.38. The first-order chi connectivity index (χ1) is 9.88. The zero-order valence-corrected chi connectivity index (χ0v) is 13.7. The van der Waals surface area contributed by atoms with Crippen LogP contribution in [0.4, 0.5) is 10.5 Å². The minimum Gasteiger partial charge on any atom is -0.442 e. The molecule has 1 amide bonds. The molecule has 114 valence electrons. The molecule has 0 fully saturated rings. The van der Waals surface area contributed by atoms with Crippen LogP contribution in [0, 0.1) is 0 Å². The summed E-state index contributed by atoms with van der Waals surface area (Å²) in [6.07, 6.45) is -0.411. The van der Waals surface area contributed by atoms with Gasteiger partial charge in [0.25, 0.3) is 0 Å². The van der Waals surface area contributed by atoms with Crippen molar-refractivity contribution in [2.45, 2.75) is 26.4 Å². The van der Waals surface area contributed by atoms with Crippen molar-refractivity contribution < 1.29 is 9.53 Å². The van der Waals surface area contributed by atoms with Crippen LogP contribution in [0.15, 0.2) is 35.3 Å². The number of amidine groups is 1. The van der Waals surface area contributed by atoms with Crippen molar-refractivity contribution in [3.63, 3.8) is 0 Å². The van der Waals surface area contributed by atoms with Gasteiger partial charge in [-0.15, -0.1) is 0 Å². The molecule has 5 nitrogen and oxygen atoms in total. The first-order valence-electron chi connectivity index (χ1n) is 6.87. The highest BCUT2D eigenvalue weighted by Gasteiger charge is 2.29. The van der Waals surface area contributed by atoms with Gasteiger partial charge < -0.3 is 4.74 Å². The van der Waals surface area contributed by atoms with Crippen molar-refractivity contribution in [2.75, 3.05) is 24.4 Å². The highest BCUT2D eigenvalue weighted by atomic mass is 32.2. The lowest BCUT2D eigenvalue weighted by Crippen LogP contribution is -2.48. The fourth-order valence-electron chi connectivity index (χ4n) is 1.88. The van der Waals surface area contributed by atoms with Crippen molar-refractivity contribution >= 4 is 28.7 Å². The van der Waals surface area contributed by atoms with Crippen LogP contribution in [0.25, 0.3) is 0 Å². The first kappa shape index (κ1) is 15.7. The number of ether oxygens (including phenoxy) is 1. The third kappa shape index (κ3) is 4.14. The van der Waals surface area contributed by atoms with Gasteiger partial charge in [-0.2, -0.15) is 5.01 Å². The van der Waals surface area contributed by atoms with Crippen LogP contribution >= 0.6 is 11.8 Å². The Bertz CT molecular complexity index is 525. The van der Waals surface area contributed by atoms with Crippen LogP contribution in [0.2, 0.25) is 0 Å². The van der Waals surface area contributed by atoms with E-state index in [0.717, 1.165) is 23.2 Å². The number of nitrogens with zero attached hydrogens (tertiary/aromatic N) is 3. The quantitative estimate of drug-likeness (QED) is 0.746. The number of para-hydroxylation sites is 1. The van der Waals surface area contributed by atoms with E-state index in [-0.39, 0.29) is 0 Å². The van der Waals surface area contributed by atoms with Crippen molar-refractivity contribution in [3.8, 4) is 0 Å². The Morgan fingerprint density at radius 3 is 2.48 bits per heavy atom. The monoisotopic (exact) mass is 307 g/mol. The summed E-state index contributed by atoms with van der Waals surface area (Å²) in [6.45, 7) is 6.35. The van der Waals surface area contributed by atoms with Gasteiger partial charge in [0.1, 0.15) is 5.60 Å². The standard InChI is InChI=1S/C15H21N3O2S/c1-15(2,3)20-14(19)18(12-8-6-5-7-9-12)17(4)13-16-10-11-21-13/h5-9H,10-11H2,1-4H3. The summed E-state index contributed by atoms with van der Waals surface area (Å²) in [5.74, 6) is 0.941. The topological polar surface area (TPSA) is 45.1 Å². The van der Waals surface area contributed by atoms with E-state index in [1.807, 2.05) is 58.2 Å². The summed E-state index contributed by atoms with van der Waals surface area (Å²) < 4.78 is 5.52. The van der Waals surface area contributed by atoms with Crippen molar-refractivity contribution in [1.82, 2.24) is 5.01 Å². The molecule has 1 aliphatic heterocycles. The van der Waals surface area contributed by atoms with E-state index in [9.17, 15) is 4.79 Å². The highest BCUT2D eigenvalue weighted by Crippen LogP contribution is 2.23. The summed E-state index contributed by atoms with van der Waals surface area (Å²) in [6, 6.07) is 9.45. The van der Waals surface area contributed by atoms with Crippen LogP contribution in [-0.2, 0) is 4.74 Å². The number of benzene rings is 1. The SMILES string of the molecule is CN(C1=NCCS1)N(C(=O)OC(C)(C)C)c1ccccc1. The number of thioether (sulfide) groups is 1. The molecular formula is C15H21N3O2S. The van der Waals surface area contributed by atoms with Crippen LogP contribution in [-0.4, -0.2) is 41.2 Å². The number of rotatable bonds is 1. The Kier molecular flexibility index (Phi) is 4.77. The molecule has 0 bridgehead atoms. The molecule has 0 radical (unpaired) electrons. The molecule has 2 rings (SSSR count). The average molecular weight is 307 g/mol. The number of hydrogen-bond donors (Lipinski definition) is 0. The van der Waals surface area contributed by atoms with Crippen LogP contribution in [0.1, 0.15) is 20.8 Å². The van der Waals surface area contributed by atoms with Crippen LogP contribution < -0.4 is 5.01 Å². The second kappa shape index (κ2) is 6.39. The largest absolute Gasteiger partial charge is 0.442 e. The smallest absolute Gasteiger partial charge is 0.434 e. The lowest BCUT2D eigenvalue weighted by Gasteiger charge is -2.34. The van der Waals surface area contributed by atoms with Gasteiger partial charge in [-0.3, -0.25) is 10.0 Å². The molecule has 0 N–H and O–H groups in total. The lowest BCUT2D eigenvalue weighted by atomic mass is 10.2. The summed E-state index contributed by atoms with van der Waals surface area (Å²) >= 11 is 1.64. The molecule has 1 aliphatic rings. The number of carbonyl (C=O) groups excluding carboxylic acids is 1. The molecule has 0 atom stereocenters. The number of hydrogen-bond acceptors (Lipinski definition) is 5. The molecule has 6 heteroatoms. The van der Waals surface area contributed by atoms with Gasteiger partial charge in [0.2, 0.25) is 0 Å². The molecule has 21 heavy (non-hydrogen) atoms. The second-order valence-electron chi connectivity index (χ2n) is 5.66. The van der Waals surface area contributed by atoms with E-state index in [1.54, 1.807) is 16.8 Å². The number of anilines is 1. The predicted molar refractivity (Wildman–Crippen MR) is 87.7 cm³/mol. The maximum absolute atomic E-state index is 12.6. The van der Waals surface area contributed by atoms with Crippen molar-refractivity contribution in [3.05, 3.63) is 30.3 Å². The van der Waals surface area contributed by atoms with E-state index >= 15 is 0 Å². The molecule has 0 saturated heterocycles. The molecule has 0 aromatic heterocycles. The molecule has 0 spiro atoms. The third-order valence-electron chi connectivity index (χ3n) is 2.71. The Morgan fingerprint density at radius 1 is 1.29 bits per heavy atom. The number of hydrazine groups is 1. The maximum atomic E-state index is 12.6. The van der Waals surface area contributed by atoms with E-state index in [0.29, 0.717) is 0 Å². The van der Waals surface area contributed by atoms with Gasteiger partial charge in [-0.25, -0.2) is 4.79 Å².